The van der Waals surface area contributed by atoms with Gasteiger partial charge in [0.15, 0.2) is 0 Å². The van der Waals surface area contributed by atoms with Gasteiger partial charge in [0, 0.05) is 12.1 Å². The maximum Gasteiger partial charge on any atom is 0.307 e. The Morgan fingerprint density at radius 2 is 1.76 bits per heavy atom. The van der Waals surface area contributed by atoms with Gasteiger partial charge in [-0.05, 0) is 32.6 Å². The predicted octanol–water partition coefficient (Wildman–Crippen LogP) is 0.177. The number of hydrogen-bond donors (Lipinski definition) is 3. The van der Waals surface area contributed by atoms with Crippen LogP contribution in [0.25, 0.3) is 0 Å². The maximum atomic E-state index is 12.2. The summed E-state index contributed by atoms with van der Waals surface area (Å²) < 4.78 is 24.9. The zero-order valence-electron chi connectivity index (χ0n) is 12.8. The zero-order chi connectivity index (χ0) is 16.4. The van der Waals surface area contributed by atoms with Crippen molar-refractivity contribution in [1.29, 1.82) is 0 Å². The van der Waals surface area contributed by atoms with Gasteiger partial charge in [-0.25, -0.2) is 13.1 Å². The highest BCUT2D eigenvalue weighted by molar-refractivity contribution is 7.88. The van der Waals surface area contributed by atoms with E-state index in [-0.39, 0.29) is 18.4 Å². The SMILES string of the molecule is CC1CC(C(=O)O)C(C(=O)NCC(C)(C)NS(C)(=O)=O)C1. The molecule has 0 radical (unpaired) electrons. The molecular formula is C13H24N2O5S. The summed E-state index contributed by atoms with van der Waals surface area (Å²) in [4.78, 5) is 23.3. The second-order valence-electron chi connectivity index (χ2n) is 6.60. The second-order valence-corrected chi connectivity index (χ2v) is 8.35. The third-order valence-corrected chi connectivity index (χ3v) is 4.54. The molecule has 3 unspecified atom stereocenters. The molecule has 0 spiro atoms. The predicted molar refractivity (Wildman–Crippen MR) is 78.1 cm³/mol. The van der Waals surface area contributed by atoms with Crippen molar-refractivity contribution in [2.24, 2.45) is 17.8 Å². The molecule has 0 aromatic rings. The fraction of sp³-hybridized carbons (Fsp3) is 0.846. The Morgan fingerprint density at radius 3 is 2.24 bits per heavy atom. The smallest absolute Gasteiger partial charge is 0.307 e. The number of carbonyl (C=O) groups is 2. The normalized spacial score (nSPS) is 26.6. The van der Waals surface area contributed by atoms with Crippen LogP contribution in [-0.2, 0) is 19.6 Å². The Hall–Kier alpha value is -1.15. The van der Waals surface area contributed by atoms with Crippen molar-refractivity contribution < 1.29 is 23.1 Å². The number of rotatable bonds is 6. The van der Waals surface area contributed by atoms with E-state index in [1.807, 2.05) is 6.92 Å². The first kappa shape index (κ1) is 17.9. The van der Waals surface area contributed by atoms with E-state index in [1.54, 1.807) is 13.8 Å². The Bertz CT molecular complexity index is 515. The summed E-state index contributed by atoms with van der Waals surface area (Å²) in [7, 11) is -3.38. The maximum absolute atomic E-state index is 12.2. The van der Waals surface area contributed by atoms with E-state index in [0.29, 0.717) is 12.8 Å². The highest BCUT2D eigenvalue weighted by Crippen LogP contribution is 2.36. The lowest BCUT2D eigenvalue weighted by atomic mass is 9.95. The van der Waals surface area contributed by atoms with Crippen LogP contribution in [0.2, 0.25) is 0 Å². The molecule has 7 nitrogen and oxygen atoms in total. The minimum atomic E-state index is -3.38. The van der Waals surface area contributed by atoms with Crippen molar-refractivity contribution in [3.8, 4) is 0 Å². The summed E-state index contributed by atoms with van der Waals surface area (Å²) in [5.41, 5.74) is -0.827. The van der Waals surface area contributed by atoms with Gasteiger partial charge in [-0.3, -0.25) is 9.59 Å². The number of amides is 1. The van der Waals surface area contributed by atoms with Crippen molar-refractivity contribution in [2.45, 2.75) is 39.2 Å². The summed E-state index contributed by atoms with van der Waals surface area (Å²) in [6.07, 6.45) is 2.09. The molecule has 21 heavy (non-hydrogen) atoms. The number of carboxylic acids is 1. The van der Waals surface area contributed by atoms with E-state index in [4.69, 9.17) is 5.11 Å². The van der Waals surface area contributed by atoms with Crippen molar-refractivity contribution in [2.75, 3.05) is 12.8 Å². The third-order valence-electron chi connectivity index (χ3n) is 3.62. The number of carbonyl (C=O) groups excluding carboxylic acids is 1. The number of aliphatic carboxylic acids is 1. The molecule has 1 rings (SSSR count). The van der Waals surface area contributed by atoms with Crippen molar-refractivity contribution in [3.63, 3.8) is 0 Å². The standard InChI is InChI=1S/C13H24N2O5S/c1-8-5-9(10(6-8)12(17)18)11(16)14-7-13(2,3)15-21(4,19)20/h8-10,15H,5-7H2,1-4H3,(H,14,16)(H,17,18). The van der Waals surface area contributed by atoms with Crippen LogP contribution in [0, 0.1) is 17.8 Å². The van der Waals surface area contributed by atoms with Crippen molar-refractivity contribution in [3.05, 3.63) is 0 Å². The quantitative estimate of drug-likeness (QED) is 0.646. The number of hydrogen-bond acceptors (Lipinski definition) is 4. The van der Waals surface area contributed by atoms with Crippen LogP contribution in [0.1, 0.15) is 33.6 Å². The Morgan fingerprint density at radius 1 is 1.24 bits per heavy atom. The van der Waals surface area contributed by atoms with E-state index in [2.05, 4.69) is 10.0 Å². The second kappa shape index (κ2) is 6.31. The largest absolute Gasteiger partial charge is 0.481 e. The molecule has 1 aliphatic rings. The van der Waals surface area contributed by atoms with Gasteiger partial charge in [-0.2, -0.15) is 0 Å². The van der Waals surface area contributed by atoms with Gasteiger partial charge in [0.1, 0.15) is 0 Å². The molecule has 0 heterocycles. The van der Waals surface area contributed by atoms with Gasteiger partial charge >= 0.3 is 5.97 Å². The summed E-state index contributed by atoms with van der Waals surface area (Å²) in [6.45, 7) is 5.34. The molecule has 0 aromatic carbocycles. The van der Waals surface area contributed by atoms with Gasteiger partial charge < -0.3 is 10.4 Å². The molecule has 1 fully saturated rings. The average molecular weight is 320 g/mol. The minimum absolute atomic E-state index is 0.107. The molecular weight excluding hydrogens is 296 g/mol. The van der Waals surface area contributed by atoms with Crippen LogP contribution >= 0.6 is 0 Å². The lowest BCUT2D eigenvalue weighted by Gasteiger charge is -2.26. The van der Waals surface area contributed by atoms with E-state index in [9.17, 15) is 18.0 Å². The van der Waals surface area contributed by atoms with Gasteiger partial charge in [-0.1, -0.05) is 6.92 Å². The summed E-state index contributed by atoms with van der Waals surface area (Å²) in [5.74, 6) is -2.29. The topological polar surface area (TPSA) is 113 Å². The molecule has 1 saturated carbocycles. The highest BCUT2D eigenvalue weighted by atomic mass is 32.2. The molecule has 122 valence electrons. The molecule has 0 aromatic heterocycles. The fourth-order valence-corrected chi connectivity index (χ4v) is 3.91. The van der Waals surface area contributed by atoms with Crippen LogP contribution in [0.4, 0.5) is 0 Å². The summed E-state index contributed by atoms with van der Waals surface area (Å²) in [5, 5.41) is 11.8. The van der Waals surface area contributed by atoms with Crippen LogP contribution < -0.4 is 10.0 Å². The highest BCUT2D eigenvalue weighted by Gasteiger charge is 2.41. The lowest BCUT2D eigenvalue weighted by Crippen LogP contribution is -2.52. The Kier molecular flexibility index (Phi) is 5.38. The average Bonchev–Trinajstić information content (AvgIpc) is 2.65. The van der Waals surface area contributed by atoms with Crippen LogP contribution in [-0.4, -0.2) is 43.7 Å². The first-order chi connectivity index (χ1) is 9.41. The van der Waals surface area contributed by atoms with Crippen molar-refractivity contribution in [1.82, 2.24) is 10.0 Å². The molecule has 0 aliphatic heterocycles. The molecule has 0 bridgehead atoms. The van der Waals surface area contributed by atoms with E-state index < -0.39 is 33.4 Å². The molecule has 0 saturated heterocycles. The van der Waals surface area contributed by atoms with Crippen molar-refractivity contribution >= 4 is 21.9 Å². The summed E-state index contributed by atoms with van der Waals surface area (Å²) in [6, 6.07) is 0. The van der Waals surface area contributed by atoms with E-state index >= 15 is 0 Å². The Balaban J connectivity index is 2.63. The first-order valence-corrected chi connectivity index (χ1v) is 8.80. The Labute approximate surface area is 125 Å². The molecule has 1 amide bonds. The first-order valence-electron chi connectivity index (χ1n) is 6.91. The van der Waals surface area contributed by atoms with Crippen LogP contribution in [0.5, 0.6) is 0 Å². The monoisotopic (exact) mass is 320 g/mol. The van der Waals surface area contributed by atoms with Gasteiger partial charge in [0.05, 0.1) is 18.1 Å². The fourth-order valence-electron chi connectivity index (χ4n) is 2.83. The van der Waals surface area contributed by atoms with Crippen LogP contribution in [0.15, 0.2) is 0 Å². The minimum Gasteiger partial charge on any atom is -0.481 e. The number of nitrogens with one attached hydrogen (secondary N) is 2. The zero-order valence-corrected chi connectivity index (χ0v) is 13.7. The summed E-state index contributed by atoms with van der Waals surface area (Å²) >= 11 is 0. The van der Waals surface area contributed by atoms with Gasteiger partial charge in [0.25, 0.3) is 0 Å². The van der Waals surface area contributed by atoms with Gasteiger partial charge in [0.2, 0.25) is 15.9 Å². The molecule has 1 aliphatic carbocycles. The molecule has 3 N–H and O–H groups in total. The van der Waals surface area contributed by atoms with Gasteiger partial charge in [-0.15, -0.1) is 0 Å². The number of carboxylic acid groups (broad SMARTS) is 1. The van der Waals surface area contributed by atoms with Crippen LogP contribution in [0.3, 0.4) is 0 Å². The van der Waals surface area contributed by atoms with E-state index in [1.165, 1.54) is 0 Å². The van der Waals surface area contributed by atoms with E-state index in [0.717, 1.165) is 6.26 Å². The molecule has 3 atom stereocenters. The molecule has 8 heteroatoms. The lowest BCUT2D eigenvalue weighted by molar-refractivity contribution is -0.146. The number of sulfonamides is 1. The third kappa shape index (κ3) is 5.62.